The summed E-state index contributed by atoms with van der Waals surface area (Å²) in [6.45, 7) is 0.0899. The van der Waals surface area contributed by atoms with E-state index in [1.54, 1.807) is 23.1 Å². The zero-order valence-electron chi connectivity index (χ0n) is 13.0. The zero-order valence-corrected chi connectivity index (χ0v) is 14.6. The number of esters is 1. The van der Waals surface area contributed by atoms with Crippen molar-refractivity contribution in [2.45, 2.75) is 12.3 Å². The lowest BCUT2D eigenvalue weighted by Gasteiger charge is -2.31. The Morgan fingerprint density at radius 3 is 2.48 bits per heavy atom. The summed E-state index contributed by atoms with van der Waals surface area (Å²) in [6.07, 6.45) is 0.167. The highest BCUT2D eigenvalue weighted by Gasteiger charge is 2.42. The summed E-state index contributed by atoms with van der Waals surface area (Å²) in [5.41, 5.74) is 2.62. The van der Waals surface area contributed by atoms with Crippen LogP contribution in [-0.4, -0.2) is 18.5 Å². The van der Waals surface area contributed by atoms with E-state index in [1.165, 1.54) is 0 Å². The van der Waals surface area contributed by atoms with Gasteiger partial charge in [0.05, 0.1) is 21.3 Å². The maximum atomic E-state index is 12.8. The van der Waals surface area contributed by atoms with E-state index in [1.807, 2.05) is 30.3 Å². The van der Waals surface area contributed by atoms with Gasteiger partial charge in [-0.25, -0.2) is 4.79 Å². The molecular formula is C19H13Cl2NO3. The summed E-state index contributed by atoms with van der Waals surface area (Å²) in [6, 6.07) is 14.4. The van der Waals surface area contributed by atoms with Crippen LogP contribution in [0, 0.1) is 0 Å². The fourth-order valence-corrected chi connectivity index (χ4v) is 3.65. The van der Waals surface area contributed by atoms with E-state index < -0.39 is 0 Å². The summed E-state index contributed by atoms with van der Waals surface area (Å²) in [5, 5.41) is 0.826. The maximum absolute atomic E-state index is 12.8. The molecule has 2 aliphatic heterocycles. The van der Waals surface area contributed by atoms with Gasteiger partial charge in [0.1, 0.15) is 6.61 Å². The predicted molar refractivity (Wildman–Crippen MR) is 95.7 cm³/mol. The third kappa shape index (κ3) is 2.71. The van der Waals surface area contributed by atoms with Crippen molar-refractivity contribution in [1.29, 1.82) is 0 Å². The third-order valence-corrected chi connectivity index (χ3v) is 5.22. The van der Waals surface area contributed by atoms with Crippen molar-refractivity contribution < 1.29 is 14.3 Å². The smallest absolute Gasteiger partial charge is 0.336 e. The molecule has 0 N–H and O–H groups in total. The molecule has 2 aromatic rings. The number of benzene rings is 2. The fourth-order valence-electron chi connectivity index (χ4n) is 3.34. The summed E-state index contributed by atoms with van der Waals surface area (Å²) >= 11 is 12.1. The van der Waals surface area contributed by atoms with E-state index in [4.69, 9.17) is 27.9 Å². The van der Waals surface area contributed by atoms with E-state index in [9.17, 15) is 9.59 Å². The van der Waals surface area contributed by atoms with Crippen LogP contribution in [0.15, 0.2) is 59.8 Å². The predicted octanol–water partition coefficient (Wildman–Crippen LogP) is 4.32. The first-order chi connectivity index (χ1) is 12.1. The van der Waals surface area contributed by atoms with E-state index >= 15 is 0 Å². The maximum Gasteiger partial charge on any atom is 0.336 e. The summed E-state index contributed by atoms with van der Waals surface area (Å²) < 4.78 is 5.24. The molecule has 2 heterocycles. The molecular weight excluding hydrogens is 361 g/mol. The molecule has 0 aromatic heterocycles. The Bertz CT molecular complexity index is 908. The minimum Gasteiger partial charge on any atom is -0.456 e. The van der Waals surface area contributed by atoms with Crippen LogP contribution in [0.3, 0.4) is 0 Å². The van der Waals surface area contributed by atoms with Crippen molar-refractivity contribution in [2.24, 2.45) is 0 Å². The number of carbonyl (C=O) groups is 2. The lowest BCUT2D eigenvalue weighted by atomic mass is 9.84. The minimum atomic E-state index is -0.389. The normalized spacial score (nSPS) is 19.9. The lowest BCUT2D eigenvalue weighted by molar-refractivity contribution is -0.136. The largest absolute Gasteiger partial charge is 0.456 e. The standard InChI is InChI=1S/C19H13Cl2NO3/c20-14-7-6-11(8-15(14)21)13-9-17(23)22(12-4-2-1-3-5-12)16-10-25-19(24)18(13)16/h1-8,13H,9-10H2. The molecule has 0 radical (unpaired) electrons. The molecule has 0 saturated heterocycles. The fraction of sp³-hybridized carbons (Fsp3) is 0.158. The molecule has 25 heavy (non-hydrogen) atoms. The van der Waals surface area contributed by atoms with Gasteiger partial charge in [-0.2, -0.15) is 0 Å². The van der Waals surface area contributed by atoms with Gasteiger partial charge in [0.25, 0.3) is 0 Å². The van der Waals surface area contributed by atoms with E-state index in [2.05, 4.69) is 0 Å². The molecule has 0 aliphatic carbocycles. The number of carbonyl (C=O) groups excluding carboxylic acids is 2. The van der Waals surface area contributed by atoms with Crippen LogP contribution in [0.2, 0.25) is 10.0 Å². The topological polar surface area (TPSA) is 46.6 Å². The number of nitrogens with zero attached hydrogens (tertiary/aromatic N) is 1. The molecule has 2 aliphatic rings. The average Bonchev–Trinajstić information content (AvgIpc) is 2.99. The Hall–Kier alpha value is -2.30. The number of hydrogen-bond acceptors (Lipinski definition) is 3. The Kier molecular flexibility index (Phi) is 4.02. The van der Waals surface area contributed by atoms with Crippen molar-refractivity contribution in [2.75, 3.05) is 11.5 Å². The zero-order chi connectivity index (χ0) is 17.6. The molecule has 4 rings (SSSR count). The number of cyclic esters (lactones) is 1. The minimum absolute atomic E-state index is 0.0840. The summed E-state index contributed by atoms with van der Waals surface area (Å²) in [5.74, 6) is -0.856. The summed E-state index contributed by atoms with van der Waals surface area (Å²) in [7, 11) is 0. The summed E-state index contributed by atoms with van der Waals surface area (Å²) in [4.78, 5) is 26.8. The molecule has 2 aromatic carbocycles. The van der Waals surface area contributed by atoms with E-state index in [0.717, 1.165) is 11.3 Å². The third-order valence-electron chi connectivity index (χ3n) is 4.48. The molecule has 1 unspecified atom stereocenters. The van der Waals surface area contributed by atoms with Gasteiger partial charge in [0, 0.05) is 18.0 Å². The second-order valence-corrected chi connectivity index (χ2v) is 6.75. The Labute approximate surface area is 154 Å². The molecule has 4 nitrogen and oxygen atoms in total. The van der Waals surface area contributed by atoms with Gasteiger partial charge in [0.2, 0.25) is 5.91 Å². The van der Waals surface area contributed by atoms with Gasteiger partial charge in [-0.3, -0.25) is 9.69 Å². The van der Waals surface area contributed by atoms with Crippen molar-refractivity contribution in [3.8, 4) is 0 Å². The first kappa shape index (κ1) is 16.2. The van der Waals surface area contributed by atoms with Crippen molar-refractivity contribution in [1.82, 2.24) is 0 Å². The van der Waals surface area contributed by atoms with Crippen LogP contribution < -0.4 is 4.90 Å². The second kappa shape index (κ2) is 6.21. The molecule has 1 amide bonds. The van der Waals surface area contributed by atoms with E-state index in [-0.39, 0.29) is 30.8 Å². The number of ether oxygens (including phenoxy) is 1. The molecule has 0 fully saturated rings. The number of anilines is 1. The van der Waals surface area contributed by atoms with Crippen molar-refractivity contribution in [3.63, 3.8) is 0 Å². The molecule has 1 atom stereocenters. The van der Waals surface area contributed by atoms with Gasteiger partial charge >= 0.3 is 5.97 Å². The highest BCUT2D eigenvalue weighted by molar-refractivity contribution is 6.42. The van der Waals surface area contributed by atoms with Crippen LogP contribution in [0.25, 0.3) is 0 Å². The van der Waals surface area contributed by atoms with Crippen LogP contribution in [0.1, 0.15) is 17.9 Å². The Morgan fingerprint density at radius 2 is 1.76 bits per heavy atom. The van der Waals surface area contributed by atoms with Crippen molar-refractivity contribution in [3.05, 3.63) is 75.4 Å². The van der Waals surface area contributed by atoms with Gasteiger partial charge in [-0.1, -0.05) is 47.5 Å². The second-order valence-electron chi connectivity index (χ2n) is 5.93. The number of rotatable bonds is 2. The quantitative estimate of drug-likeness (QED) is 0.736. The van der Waals surface area contributed by atoms with Crippen LogP contribution in [0.5, 0.6) is 0 Å². The molecule has 6 heteroatoms. The number of amides is 1. The van der Waals surface area contributed by atoms with Crippen LogP contribution in [-0.2, 0) is 14.3 Å². The molecule has 0 bridgehead atoms. The van der Waals surface area contributed by atoms with Gasteiger partial charge in [-0.15, -0.1) is 0 Å². The first-order valence-corrected chi connectivity index (χ1v) is 8.55. The van der Waals surface area contributed by atoms with Crippen LogP contribution in [0.4, 0.5) is 5.69 Å². The van der Waals surface area contributed by atoms with Crippen LogP contribution >= 0.6 is 23.2 Å². The van der Waals surface area contributed by atoms with Gasteiger partial charge < -0.3 is 4.74 Å². The molecule has 126 valence electrons. The number of halogens is 2. The van der Waals surface area contributed by atoms with Crippen molar-refractivity contribution >= 4 is 40.8 Å². The first-order valence-electron chi connectivity index (χ1n) is 7.79. The Morgan fingerprint density at radius 1 is 1.00 bits per heavy atom. The lowest BCUT2D eigenvalue weighted by Crippen LogP contribution is -2.37. The number of hydrogen-bond donors (Lipinski definition) is 0. The Balaban J connectivity index is 1.84. The SMILES string of the molecule is O=C1OCC2=C1C(c1ccc(Cl)c(Cl)c1)CC(=O)N2c1ccccc1. The van der Waals surface area contributed by atoms with E-state index in [0.29, 0.717) is 21.3 Å². The van der Waals surface area contributed by atoms with Gasteiger partial charge in [0.15, 0.2) is 0 Å². The monoisotopic (exact) mass is 373 g/mol. The molecule has 0 saturated carbocycles. The highest BCUT2D eigenvalue weighted by atomic mass is 35.5. The molecule has 0 spiro atoms. The highest BCUT2D eigenvalue weighted by Crippen LogP contribution is 2.42. The average molecular weight is 374 g/mol. The van der Waals surface area contributed by atoms with Gasteiger partial charge in [-0.05, 0) is 29.8 Å². The number of para-hydroxylation sites is 1.